The van der Waals surface area contributed by atoms with Gasteiger partial charge in [-0.05, 0) is 41.7 Å². The fraction of sp³-hybridized carbons (Fsp3) is 0.200. The summed E-state index contributed by atoms with van der Waals surface area (Å²) < 4.78 is 49.9. The maximum atomic E-state index is 13.4. The monoisotopic (exact) mass is 475 g/mol. The van der Waals surface area contributed by atoms with Gasteiger partial charge >= 0.3 is 12.1 Å². The standard InChI is InChI=1S/C20H14Cl2F3NO3S/c21-16-4-2-1-3-13(16)18-14(19(22)26-30-18)10-29-12-7-5-11(6-8-17(27)28)15(9-12)20(23,24)25/h1-5,7,9H,6,8,10H2,(H,27,28). The first-order valence-electron chi connectivity index (χ1n) is 8.60. The number of nitrogens with zero attached hydrogens (tertiary/aromatic N) is 1. The number of halogens is 5. The van der Waals surface area contributed by atoms with Crippen LogP contribution in [0.4, 0.5) is 13.2 Å². The van der Waals surface area contributed by atoms with Crippen molar-refractivity contribution in [2.75, 3.05) is 0 Å². The molecule has 0 fully saturated rings. The smallest absolute Gasteiger partial charge is 0.416 e. The lowest BCUT2D eigenvalue weighted by Gasteiger charge is -2.15. The summed E-state index contributed by atoms with van der Waals surface area (Å²) in [7, 11) is 0. The minimum absolute atomic E-state index is 0.0197. The molecular formula is C20H14Cl2F3NO3S. The summed E-state index contributed by atoms with van der Waals surface area (Å²) in [6, 6.07) is 10.5. The van der Waals surface area contributed by atoms with Crippen molar-refractivity contribution < 1.29 is 27.8 Å². The summed E-state index contributed by atoms with van der Waals surface area (Å²) in [5.41, 5.74) is 0.173. The molecule has 0 saturated carbocycles. The van der Waals surface area contributed by atoms with E-state index in [9.17, 15) is 18.0 Å². The Balaban J connectivity index is 1.86. The highest BCUT2D eigenvalue weighted by Gasteiger charge is 2.34. The zero-order valence-electron chi connectivity index (χ0n) is 15.2. The Bertz CT molecular complexity index is 1070. The van der Waals surface area contributed by atoms with Gasteiger partial charge < -0.3 is 9.84 Å². The average molecular weight is 476 g/mol. The minimum Gasteiger partial charge on any atom is -0.489 e. The van der Waals surface area contributed by atoms with E-state index in [1.807, 2.05) is 0 Å². The van der Waals surface area contributed by atoms with Gasteiger partial charge in [0.05, 0.1) is 10.4 Å². The van der Waals surface area contributed by atoms with Crippen molar-refractivity contribution in [3.63, 3.8) is 0 Å². The third-order valence-electron chi connectivity index (χ3n) is 4.24. The van der Waals surface area contributed by atoms with Crippen LogP contribution in [0.25, 0.3) is 10.4 Å². The van der Waals surface area contributed by atoms with Gasteiger partial charge in [0.1, 0.15) is 17.5 Å². The molecule has 0 bridgehead atoms. The van der Waals surface area contributed by atoms with Crippen LogP contribution in [0, 0.1) is 0 Å². The molecule has 0 saturated heterocycles. The van der Waals surface area contributed by atoms with Gasteiger partial charge in [-0.3, -0.25) is 4.79 Å². The Morgan fingerprint density at radius 3 is 2.57 bits per heavy atom. The molecule has 0 aliphatic rings. The minimum atomic E-state index is -4.64. The largest absolute Gasteiger partial charge is 0.489 e. The highest BCUT2D eigenvalue weighted by atomic mass is 35.5. The first-order valence-corrected chi connectivity index (χ1v) is 10.1. The van der Waals surface area contributed by atoms with E-state index in [0.717, 1.165) is 17.6 Å². The fourth-order valence-electron chi connectivity index (χ4n) is 2.80. The number of ether oxygens (including phenoxy) is 1. The predicted octanol–water partition coefficient (Wildman–Crippen LogP) is 6.73. The molecule has 0 spiro atoms. The van der Waals surface area contributed by atoms with E-state index in [2.05, 4.69) is 4.37 Å². The van der Waals surface area contributed by atoms with Crippen molar-refractivity contribution in [3.8, 4) is 16.2 Å². The molecule has 4 nitrogen and oxygen atoms in total. The number of alkyl halides is 3. The van der Waals surface area contributed by atoms with Crippen LogP contribution in [0.1, 0.15) is 23.1 Å². The molecule has 3 aromatic rings. The number of benzene rings is 2. The van der Waals surface area contributed by atoms with Crippen LogP contribution in [0.2, 0.25) is 10.2 Å². The first-order chi connectivity index (χ1) is 14.2. The van der Waals surface area contributed by atoms with Crippen LogP contribution in [0.15, 0.2) is 42.5 Å². The summed E-state index contributed by atoms with van der Waals surface area (Å²) in [4.78, 5) is 11.4. The summed E-state index contributed by atoms with van der Waals surface area (Å²) in [5.74, 6) is -1.19. The third kappa shape index (κ3) is 5.24. The summed E-state index contributed by atoms with van der Waals surface area (Å²) in [5, 5.41) is 9.42. The third-order valence-corrected chi connectivity index (χ3v) is 5.90. The molecule has 30 heavy (non-hydrogen) atoms. The number of rotatable bonds is 7. The molecule has 0 aliphatic heterocycles. The molecule has 0 amide bonds. The quantitative estimate of drug-likeness (QED) is 0.411. The molecule has 158 valence electrons. The van der Waals surface area contributed by atoms with E-state index in [0.29, 0.717) is 21.0 Å². The maximum Gasteiger partial charge on any atom is 0.416 e. The Morgan fingerprint density at radius 2 is 1.90 bits per heavy atom. The fourth-order valence-corrected chi connectivity index (χ4v) is 4.21. The van der Waals surface area contributed by atoms with Crippen molar-refractivity contribution >= 4 is 40.7 Å². The Kier molecular flexibility index (Phi) is 6.90. The SMILES string of the molecule is O=C(O)CCc1ccc(OCc2c(Cl)nsc2-c2ccccc2Cl)cc1C(F)(F)F. The second-order valence-electron chi connectivity index (χ2n) is 6.26. The Labute approximate surface area is 184 Å². The normalized spacial score (nSPS) is 11.5. The molecule has 1 N–H and O–H groups in total. The molecule has 0 aliphatic carbocycles. The van der Waals surface area contributed by atoms with Gasteiger partial charge in [-0.15, -0.1) is 0 Å². The van der Waals surface area contributed by atoms with Gasteiger partial charge in [0.25, 0.3) is 0 Å². The summed E-state index contributed by atoms with van der Waals surface area (Å²) in [6.45, 7) is -0.109. The van der Waals surface area contributed by atoms with E-state index in [1.165, 1.54) is 12.1 Å². The molecule has 1 aromatic heterocycles. The average Bonchev–Trinajstić information content (AvgIpc) is 3.05. The number of carboxylic acid groups (broad SMARTS) is 1. The van der Waals surface area contributed by atoms with E-state index >= 15 is 0 Å². The van der Waals surface area contributed by atoms with Crippen LogP contribution < -0.4 is 4.74 Å². The molecular weight excluding hydrogens is 462 g/mol. The van der Waals surface area contributed by atoms with Crippen molar-refractivity contribution in [3.05, 3.63) is 69.3 Å². The lowest BCUT2D eigenvalue weighted by Crippen LogP contribution is -2.11. The van der Waals surface area contributed by atoms with E-state index in [1.54, 1.807) is 24.3 Å². The Hall–Kier alpha value is -2.29. The summed E-state index contributed by atoms with van der Waals surface area (Å²) >= 11 is 13.5. The number of hydrogen-bond donors (Lipinski definition) is 1. The second-order valence-corrected chi connectivity index (χ2v) is 7.80. The zero-order chi connectivity index (χ0) is 21.9. The molecule has 3 rings (SSSR count). The number of aliphatic carboxylic acids is 1. The van der Waals surface area contributed by atoms with Crippen LogP contribution in [0.5, 0.6) is 5.75 Å². The molecule has 1 heterocycles. The predicted molar refractivity (Wildman–Crippen MR) is 109 cm³/mol. The number of aromatic nitrogens is 1. The molecule has 0 unspecified atom stereocenters. The number of carbonyl (C=O) groups is 1. The van der Waals surface area contributed by atoms with E-state index in [4.69, 9.17) is 33.0 Å². The van der Waals surface area contributed by atoms with Crippen LogP contribution in [-0.4, -0.2) is 15.4 Å². The van der Waals surface area contributed by atoms with E-state index < -0.39 is 24.1 Å². The van der Waals surface area contributed by atoms with Crippen LogP contribution in [0.3, 0.4) is 0 Å². The van der Waals surface area contributed by atoms with Gasteiger partial charge in [0, 0.05) is 22.6 Å². The van der Waals surface area contributed by atoms with Crippen molar-refractivity contribution in [1.29, 1.82) is 0 Å². The highest BCUT2D eigenvalue weighted by Crippen LogP contribution is 2.38. The number of carboxylic acids is 1. The topological polar surface area (TPSA) is 59.4 Å². The zero-order valence-corrected chi connectivity index (χ0v) is 17.5. The van der Waals surface area contributed by atoms with Crippen LogP contribution in [-0.2, 0) is 24.0 Å². The Morgan fingerprint density at radius 1 is 1.17 bits per heavy atom. The van der Waals surface area contributed by atoms with Crippen molar-refractivity contribution in [2.45, 2.75) is 25.6 Å². The highest BCUT2D eigenvalue weighted by molar-refractivity contribution is 7.10. The maximum absolute atomic E-state index is 13.4. The number of aryl methyl sites for hydroxylation is 1. The molecule has 10 heteroatoms. The van der Waals surface area contributed by atoms with E-state index in [-0.39, 0.29) is 29.5 Å². The lowest BCUT2D eigenvalue weighted by molar-refractivity contribution is -0.140. The molecule has 2 aromatic carbocycles. The second kappa shape index (κ2) is 9.24. The van der Waals surface area contributed by atoms with Gasteiger partial charge in [-0.2, -0.15) is 17.5 Å². The molecule has 0 atom stereocenters. The van der Waals surface area contributed by atoms with Crippen LogP contribution >= 0.6 is 34.7 Å². The number of hydrogen-bond acceptors (Lipinski definition) is 4. The van der Waals surface area contributed by atoms with Gasteiger partial charge in [-0.1, -0.05) is 47.5 Å². The lowest BCUT2D eigenvalue weighted by atomic mass is 10.0. The molecule has 0 radical (unpaired) electrons. The van der Waals surface area contributed by atoms with Crippen molar-refractivity contribution in [1.82, 2.24) is 4.37 Å². The van der Waals surface area contributed by atoms with Crippen molar-refractivity contribution in [2.24, 2.45) is 0 Å². The van der Waals surface area contributed by atoms with Gasteiger partial charge in [0.15, 0.2) is 0 Å². The summed E-state index contributed by atoms with van der Waals surface area (Å²) in [6.07, 6.45) is -5.28. The van der Waals surface area contributed by atoms with Gasteiger partial charge in [-0.25, -0.2) is 0 Å². The first kappa shape index (κ1) is 22.4. The van der Waals surface area contributed by atoms with Gasteiger partial charge in [0.2, 0.25) is 0 Å².